The van der Waals surface area contributed by atoms with Crippen LogP contribution in [0.25, 0.3) is 0 Å². The molecule has 1 amide bonds. The number of carbonyl (C=O) groups is 1. The number of likely N-dealkylation sites (N-methyl/N-ethyl adjacent to an activating group) is 1. The van der Waals surface area contributed by atoms with Gasteiger partial charge < -0.3 is 10.6 Å². The van der Waals surface area contributed by atoms with Crippen LogP contribution < -0.4 is 5.73 Å². The van der Waals surface area contributed by atoms with Crippen molar-refractivity contribution in [2.75, 3.05) is 7.05 Å². The number of halogens is 1. The van der Waals surface area contributed by atoms with Gasteiger partial charge in [0.25, 0.3) is 0 Å². The maximum absolute atomic E-state index is 13.0. The molecule has 100 valence electrons. The van der Waals surface area contributed by atoms with Gasteiger partial charge in [-0.3, -0.25) is 4.79 Å². The summed E-state index contributed by atoms with van der Waals surface area (Å²) in [6.45, 7) is 4.43. The van der Waals surface area contributed by atoms with E-state index in [4.69, 9.17) is 5.73 Å². The zero-order chi connectivity index (χ0) is 13.7. The highest BCUT2D eigenvalue weighted by Gasteiger charge is 2.19. The topological polar surface area (TPSA) is 46.3 Å². The second kappa shape index (κ2) is 6.50. The van der Waals surface area contributed by atoms with E-state index in [1.54, 1.807) is 24.1 Å². The number of benzene rings is 1. The molecule has 0 spiro atoms. The van der Waals surface area contributed by atoms with Crippen molar-refractivity contribution in [3.05, 3.63) is 35.6 Å². The molecule has 0 aliphatic heterocycles. The Bertz CT molecular complexity index is 407. The Kier molecular flexibility index (Phi) is 5.28. The van der Waals surface area contributed by atoms with E-state index in [0.717, 1.165) is 5.56 Å². The largest absolute Gasteiger partial charge is 0.340 e. The predicted octanol–water partition coefficient (Wildman–Crippen LogP) is 2.16. The number of amides is 1. The Morgan fingerprint density at radius 1 is 1.44 bits per heavy atom. The minimum absolute atomic E-state index is 0.104. The summed E-state index contributed by atoms with van der Waals surface area (Å²) >= 11 is 0. The molecule has 1 aromatic rings. The van der Waals surface area contributed by atoms with Crippen molar-refractivity contribution in [3.8, 4) is 0 Å². The molecule has 0 heterocycles. The van der Waals surface area contributed by atoms with Crippen LogP contribution in [0.15, 0.2) is 24.3 Å². The fourth-order valence-corrected chi connectivity index (χ4v) is 1.88. The molecule has 0 fully saturated rings. The summed E-state index contributed by atoms with van der Waals surface area (Å²) in [5, 5.41) is 0. The number of nitrogens with two attached hydrogens (primary N) is 1. The van der Waals surface area contributed by atoms with Crippen LogP contribution in [0.2, 0.25) is 0 Å². The fraction of sp³-hybridized carbons (Fsp3) is 0.500. The Morgan fingerprint density at radius 3 is 2.67 bits per heavy atom. The minimum Gasteiger partial charge on any atom is -0.340 e. The van der Waals surface area contributed by atoms with Crippen molar-refractivity contribution >= 4 is 5.91 Å². The van der Waals surface area contributed by atoms with Gasteiger partial charge in [0.2, 0.25) is 5.91 Å². The van der Waals surface area contributed by atoms with Crippen LogP contribution >= 0.6 is 0 Å². The molecule has 4 heteroatoms. The molecule has 0 radical (unpaired) electrons. The highest BCUT2D eigenvalue weighted by molar-refractivity contribution is 5.81. The standard InChI is InChI=1S/C14H21FN2O/c1-10(2)7-13(16)14(18)17(3)9-11-5-4-6-12(15)8-11/h4-6,8,10,13H,7,9,16H2,1-3H3. The first-order valence-corrected chi connectivity index (χ1v) is 6.15. The third kappa shape index (κ3) is 4.45. The average molecular weight is 252 g/mol. The van der Waals surface area contributed by atoms with Gasteiger partial charge in [-0.1, -0.05) is 26.0 Å². The number of hydrogen-bond acceptors (Lipinski definition) is 2. The van der Waals surface area contributed by atoms with Crippen molar-refractivity contribution in [1.29, 1.82) is 0 Å². The third-order valence-electron chi connectivity index (χ3n) is 2.73. The van der Waals surface area contributed by atoms with E-state index in [1.807, 2.05) is 13.8 Å². The molecule has 0 bridgehead atoms. The zero-order valence-corrected chi connectivity index (χ0v) is 11.2. The predicted molar refractivity (Wildman–Crippen MR) is 70.3 cm³/mol. The van der Waals surface area contributed by atoms with Crippen molar-refractivity contribution in [1.82, 2.24) is 4.90 Å². The van der Waals surface area contributed by atoms with E-state index < -0.39 is 6.04 Å². The van der Waals surface area contributed by atoms with E-state index in [9.17, 15) is 9.18 Å². The van der Waals surface area contributed by atoms with Crippen molar-refractivity contribution < 1.29 is 9.18 Å². The summed E-state index contributed by atoms with van der Waals surface area (Å²) < 4.78 is 13.0. The number of nitrogens with zero attached hydrogens (tertiary/aromatic N) is 1. The molecule has 1 unspecified atom stereocenters. The summed E-state index contributed by atoms with van der Waals surface area (Å²) in [6.07, 6.45) is 0.659. The lowest BCUT2D eigenvalue weighted by molar-refractivity contribution is -0.132. The summed E-state index contributed by atoms with van der Waals surface area (Å²) in [5.74, 6) is -0.0145. The molecule has 1 atom stereocenters. The van der Waals surface area contributed by atoms with Crippen molar-refractivity contribution in [2.24, 2.45) is 11.7 Å². The summed E-state index contributed by atoms with van der Waals surface area (Å²) in [7, 11) is 1.69. The maximum atomic E-state index is 13.0. The zero-order valence-electron chi connectivity index (χ0n) is 11.2. The average Bonchev–Trinajstić information content (AvgIpc) is 2.27. The van der Waals surface area contributed by atoms with E-state index in [1.165, 1.54) is 12.1 Å². The van der Waals surface area contributed by atoms with Gasteiger partial charge in [0, 0.05) is 13.6 Å². The summed E-state index contributed by atoms with van der Waals surface area (Å²) in [5.41, 5.74) is 6.60. The van der Waals surface area contributed by atoms with Gasteiger partial charge in [-0.15, -0.1) is 0 Å². The molecule has 0 saturated heterocycles. The molecule has 1 aromatic carbocycles. The highest BCUT2D eigenvalue weighted by atomic mass is 19.1. The molecule has 1 rings (SSSR count). The molecule has 0 aliphatic carbocycles. The Hall–Kier alpha value is -1.42. The quantitative estimate of drug-likeness (QED) is 0.873. The van der Waals surface area contributed by atoms with E-state index in [-0.39, 0.29) is 11.7 Å². The van der Waals surface area contributed by atoms with Crippen LogP contribution in [0.1, 0.15) is 25.8 Å². The Labute approximate surface area is 108 Å². The van der Waals surface area contributed by atoms with Gasteiger partial charge in [-0.05, 0) is 30.0 Å². The Balaban J connectivity index is 2.59. The molecule has 2 N–H and O–H groups in total. The molecular formula is C14H21FN2O. The summed E-state index contributed by atoms with van der Waals surface area (Å²) in [6, 6.07) is 5.76. The van der Waals surface area contributed by atoms with Crippen LogP contribution in [-0.2, 0) is 11.3 Å². The third-order valence-corrected chi connectivity index (χ3v) is 2.73. The van der Waals surface area contributed by atoms with Crippen LogP contribution in [-0.4, -0.2) is 23.9 Å². The van der Waals surface area contributed by atoms with Crippen LogP contribution in [0.4, 0.5) is 4.39 Å². The first-order valence-electron chi connectivity index (χ1n) is 6.15. The first-order chi connectivity index (χ1) is 8.40. The fourth-order valence-electron chi connectivity index (χ4n) is 1.88. The van der Waals surface area contributed by atoms with E-state index in [0.29, 0.717) is 18.9 Å². The van der Waals surface area contributed by atoms with Crippen molar-refractivity contribution in [2.45, 2.75) is 32.9 Å². The van der Waals surface area contributed by atoms with Gasteiger partial charge in [0.15, 0.2) is 0 Å². The van der Waals surface area contributed by atoms with Gasteiger partial charge in [-0.25, -0.2) is 4.39 Å². The van der Waals surface area contributed by atoms with E-state index in [2.05, 4.69) is 0 Å². The lowest BCUT2D eigenvalue weighted by Crippen LogP contribution is -2.42. The Morgan fingerprint density at radius 2 is 2.11 bits per heavy atom. The summed E-state index contributed by atoms with van der Waals surface area (Å²) in [4.78, 5) is 13.5. The SMILES string of the molecule is CC(C)CC(N)C(=O)N(C)Cc1cccc(F)c1. The lowest BCUT2D eigenvalue weighted by Gasteiger charge is -2.22. The van der Waals surface area contributed by atoms with Crippen LogP contribution in [0.3, 0.4) is 0 Å². The molecular weight excluding hydrogens is 231 g/mol. The van der Waals surface area contributed by atoms with Gasteiger partial charge in [-0.2, -0.15) is 0 Å². The first kappa shape index (κ1) is 14.6. The normalized spacial score (nSPS) is 12.6. The highest BCUT2D eigenvalue weighted by Crippen LogP contribution is 2.09. The molecule has 3 nitrogen and oxygen atoms in total. The minimum atomic E-state index is -0.483. The number of carbonyl (C=O) groups excluding carboxylic acids is 1. The molecule has 0 aliphatic rings. The maximum Gasteiger partial charge on any atom is 0.239 e. The van der Waals surface area contributed by atoms with E-state index >= 15 is 0 Å². The van der Waals surface area contributed by atoms with Crippen LogP contribution in [0, 0.1) is 11.7 Å². The second-order valence-electron chi connectivity index (χ2n) is 5.06. The molecule has 0 aromatic heterocycles. The lowest BCUT2D eigenvalue weighted by atomic mass is 10.0. The second-order valence-corrected chi connectivity index (χ2v) is 5.06. The number of hydrogen-bond donors (Lipinski definition) is 1. The monoisotopic (exact) mass is 252 g/mol. The van der Waals surface area contributed by atoms with Gasteiger partial charge in [0.05, 0.1) is 6.04 Å². The van der Waals surface area contributed by atoms with Gasteiger partial charge >= 0.3 is 0 Å². The number of rotatable bonds is 5. The van der Waals surface area contributed by atoms with Gasteiger partial charge in [0.1, 0.15) is 5.82 Å². The van der Waals surface area contributed by atoms with Crippen LogP contribution in [0.5, 0.6) is 0 Å². The molecule has 18 heavy (non-hydrogen) atoms. The molecule has 0 saturated carbocycles. The van der Waals surface area contributed by atoms with Crippen molar-refractivity contribution in [3.63, 3.8) is 0 Å². The smallest absolute Gasteiger partial charge is 0.239 e.